The smallest absolute Gasteiger partial charge is 0.313 e. The Bertz CT molecular complexity index is 1320. The summed E-state index contributed by atoms with van der Waals surface area (Å²) < 4.78 is 13.0. The second-order valence-electron chi connectivity index (χ2n) is 14.0. The highest BCUT2D eigenvalue weighted by Crippen LogP contribution is 2.59. The molecule has 0 saturated carbocycles. The molecule has 1 aromatic rings. The Morgan fingerprint density at radius 3 is 2.48 bits per heavy atom. The van der Waals surface area contributed by atoms with E-state index in [1.165, 1.54) is 0 Å². The summed E-state index contributed by atoms with van der Waals surface area (Å²) in [7, 11) is 1.70. The monoisotopic (exact) mass is 665 g/mol. The first kappa shape index (κ1) is 37.3. The van der Waals surface area contributed by atoms with E-state index in [-0.39, 0.29) is 36.7 Å². The molecule has 0 aliphatic carbocycles. The van der Waals surface area contributed by atoms with Crippen LogP contribution in [0.4, 0.5) is 0 Å². The molecule has 3 amide bonds. The summed E-state index contributed by atoms with van der Waals surface area (Å²) in [6, 6.07) is 7.17. The van der Waals surface area contributed by atoms with Crippen molar-refractivity contribution < 1.29 is 33.8 Å². The number of unbranched alkanes of at least 4 members (excludes halogenated alkanes) is 1. The van der Waals surface area contributed by atoms with Crippen LogP contribution in [0.15, 0.2) is 55.6 Å². The Morgan fingerprint density at radius 1 is 1.17 bits per heavy atom. The Kier molecular flexibility index (Phi) is 12.6. The number of carbonyl (C=O) groups excluding carboxylic acids is 4. The summed E-state index contributed by atoms with van der Waals surface area (Å²) in [6.07, 6.45) is 5.89. The van der Waals surface area contributed by atoms with Crippen LogP contribution < -0.4 is 0 Å². The van der Waals surface area contributed by atoms with Crippen molar-refractivity contribution in [3.8, 4) is 0 Å². The standard InChI is InChI=1S/C38H55N3O7/c1-8-11-18-30(43)39(7)26(6)33(27-16-14-13-15-17-27)47-37(46)31-29-19-20-38(48-29)32(31)35(44)41(28(24-42)23-25(4)5)34(38)36(45)40(21-10-3)22-12-9-2/h8,10,13-17,25-26,28-29,31-34,42H,1,3,9,11-12,18-24H2,2,4-7H3/t26-,28+,29+,31-,32-,33+,34+,38-/m0/s1. The van der Waals surface area contributed by atoms with Gasteiger partial charge in [-0.1, -0.05) is 69.7 Å². The highest BCUT2D eigenvalue weighted by atomic mass is 16.6. The van der Waals surface area contributed by atoms with Crippen molar-refractivity contribution in [2.75, 3.05) is 26.7 Å². The summed E-state index contributed by atoms with van der Waals surface area (Å²) in [5.41, 5.74) is -0.495. The van der Waals surface area contributed by atoms with Gasteiger partial charge in [-0.2, -0.15) is 0 Å². The molecule has 3 heterocycles. The average Bonchev–Trinajstić information content (AvgIpc) is 3.73. The van der Waals surface area contributed by atoms with Crippen LogP contribution in [0, 0.1) is 17.8 Å². The molecule has 48 heavy (non-hydrogen) atoms. The molecule has 0 unspecified atom stereocenters. The Morgan fingerprint density at radius 2 is 1.88 bits per heavy atom. The van der Waals surface area contributed by atoms with Gasteiger partial charge in [-0.05, 0) is 50.5 Å². The van der Waals surface area contributed by atoms with Crippen molar-refractivity contribution in [1.82, 2.24) is 14.7 Å². The third kappa shape index (κ3) is 7.25. The van der Waals surface area contributed by atoms with Gasteiger partial charge < -0.3 is 29.3 Å². The van der Waals surface area contributed by atoms with Crippen molar-refractivity contribution >= 4 is 23.7 Å². The topological polar surface area (TPSA) is 117 Å². The molecule has 3 aliphatic rings. The van der Waals surface area contributed by atoms with Gasteiger partial charge in [-0.15, -0.1) is 13.2 Å². The number of esters is 1. The highest BCUT2D eigenvalue weighted by Gasteiger charge is 2.75. The largest absolute Gasteiger partial charge is 0.455 e. The fraction of sp³-hybridized carbons (Fsp3) is 0.632. The minimum Gasteiger partial charge on any atom is -0.455 e. The summed E-state index contributed by atoms with van der Waals surface area (Å²) in [4.78, 5) is 61.4. The molecule has 1 N–H and O–H groups in total. The van der Waals surface area contributed by atoms with Crippen LogP contribution in [0.1, 0.15) is 84.3 Å². The van der Waals surface area contributed by atoms with E-state index in [1.807, 2.05) is 51.1 Å². The summed E-state index contributed by atoms with van der Waals surface area (Å²) in [5.74, 6) is -3.01. The molecule has 10 heteroatoms. The predicted molar refractivity (Wildman–Crippen MR) is 183 cm³/mol. The first-order valence-electron chi connectivity index (χ1n) is 17.6. The molecule has 3 fully saturated rings. The molecule has 0 radical (unpaired) electrons. The Labute approximate surface area is 286 Å². The van der Waals surface area contributed by atoms with Gasteiger partial charge in [0.1, 0.15) is 17.7 Å². The van der Waals surface area contributed by atoms with Crippen LogP contribution in [0.5, 0.6) is 0 Å². The molecular formula is C38H55N3O7. The van der Waals surface area contributed by atoms with Crippen LogP contribution in [-0.2, 0) is 28.7 Å². The van der Waals surface area contributed by atoms with E-state index in [1.54, 1.807) is 33.9 Å². The number of hydrogen-bond donors (Lipinski definition) is 1. The van der Waals surface area contributed by atoms with Crippen molar-refractivity contribution in [2.24, 2.45) is 17.8 Å². The van der Waals surface area contributed by atoms with Gasteiger partial charge >= 0.3 is 5.97 Å². The molecule has 10 nitrogen and oxygen atoms in total. The molecule has 2 bridgehead atoms. The van der Waals surface area contributed by atoms with Gasteiger partial charge in [0.05, 0.1) is 36.6 Å². The maximum absolute atomic E-state index is 14.6. The van der Waals surface area contributed by atoms with E-state index in [4.69, 9.17) is 9.47 Å². The molecular weight excluding hydrogens is 610 g/mol. The number of ether oxygens (including phenoxy) is 2. The Hall–Kier alpha value is -3.50. The highest BCUT2D eigenvalue weighted by molar-refractivity contribution is 5.98. The number of fused-ring (bicyclic) bond motifs is 1. The van der Waals surface area contributed by atoms with E-state index in [0.717, 1.165) is 18.4 Å². The van der Waals surface area contributed by atoms with Gasteiger partial charge in [0.25, 0.3) is 0 Å². The number of rotatable bonds is 18. The quantitative estimate of drug-likeness (QED) is 0.179. The number of benzene rings is 1. The number of aliphatic hydroxyl groups excluding tert-OH is 1. The molecule has 3 saturated heterocycles. The third-order valence-electron chi connectivity index (χ3n) is 10.4. The number of likely N-dealkylation sites (N-methyl/N-ethyl adjacent to an activating group) is 1. The summed E-state index contributed by atoms with van der Waals surface area (Å²) in [5, 5.41) is 10.6. The SMILES string of the molecule is C=CCCC(=O)N(C)[C@@H](C)[C@@H](OC(=O)[C@@H]1[C@H]2C(=O)N([C@@H](CO)CC(C)C)[C@H](C(=O)N(CC=C)CCCC)[C@]23CC[C@H]1O3)c1ccccc1. The van der Waals surface area contributed by atoms with Crippen LogP contribution in [0.3, 0.4) is 0 Å². The molecule has 264 valence electrons. The number of nitrogens with zero attached hydrogens (tertiary/aromatic N) is 3. The van der Waals surface area contributed by atoms with E-state index in [0.29, 0.717) is 38.8 Å². The lowest BCUT2D eigenvalue weighted by molar-refractivity contribution is -0.165. The van der Waals surface area contributed by atoms with Gasteiger partial charge in [0.15, 0.2) is 0 Å². The van der Waals surface area contributed by atoms with Gasteiger partial charge in [0, 0.05) is 26.6 Å². The second kappa shape index (κ2) is 16.3. The van der Waals surface area contributed by atoms with E-state index in [2.05, 4.69) is 20.1 Å². The molecule has 4 rings (SSSR count). The van der Waals surface area contributed by atoms with Crippen molar-refractivity contribution in [2.45, 2.75) is 109 Å². The zero-order valence-corrected chi connectivity index (χ0v) is 29.4. The molecule has 3 aliphatic heterocycles. The molecule has 0 aromatic heterocycles. The van der Waals surface area contributed by atoms with Crippen molar-refractivity contribution in [1.29, 1.82) is 0 Å². The van der Waals surface area contributed by atoms with Crippen LogP contribution in [0.2, 0.25) is 0 Å². The predicted octanol–water partition coefficient (Wildman–Crippen LogP) is 4.68. The number of carbonyl (C=O) groups is 4. The first-order chi connectivity index (χ1) is 23.0. The van der Waals surface area contributed by atoms with Gasteiger partial charge in [-0.3, -0.25) is 19.2 Å². The van der Waals surface area contributed by atoms with Crippen LogP contribution in [0.25, 0.3) is 0 Å². The summed E-state index contributed by atoms with van der Waals surface area (Å²) in [6.45, 7) is 16.0. The number of allylic oxidation sites excluding steroid dienone is 1. The number of aliphatic hydroxyl groups is 1. The maximum Gasteiger partial charge on any atom is 0.313 e. The minimum atomic E-state index is -1.22. The normalized spacial score (nSPS) is 26.1. The Balaban J connectivity index is 1.72. The van der Waals surface area contributed by atoms with Gasteiger partial charge in [-0.25, -0.2) is 0 Å². The lowest BCUT2D eigenvalue weighted by atomic mass is 9.70. The fourth-order valence-electron chi connectivity index (χ4n) is 7.94. The van der Waals surface area contributed by atoms with Gasteiger partial charge in [0.2, 0.25) is 17.7 Å². The summed E-state index contributed by atoms with van der Waals surface area (Å²) >= 11 is 0. The van der Waals surface area contributed by atoms with Crippen molar-refractivity contribution in [3.63, 3.8) is 0 Å². The first-order valence-corrected chi connectivity index (χ1v) is 17.6. The van der Waals surface area contributed by atoms with Crippen LogP contribution in [-0.4, -0.2) is 100 Å². The zero-order chi connectivity index (χ0) is 35.2. The third-order valence-corrected chi connectivity index (χ3v) is 10.4. The fourth-order valence-corrected chi connectivity index (χ4v) is 7.94. The average molecular weight is 666 g/mol. The lowest BCUT2D eigenvalue weighted by Gasteiger charge is -2.39. The van der Waals surface area contributed by atoms with Crippen molar-refractivity contribution in [3.05, 3.63) is 61.2 Å². The van der Waals surface area contributed by atoms with E-state index >= 15 is 0 Å². The van der Waals surface area contributed by atoms with Crippen LogP contribution >= 0.6 is 0 Å². The zero-order valence-electron chi connectivity index (χ0n) is 29.4. The maximum atomic E-state index is 14.6. The number of hydrogen-bond acceptors (Lipinski definition) is 7. The second-order valence-corrected chi connectivity index (χ2v) is 14.0. The van der Waals surface area contributed by atoms with E-state index < -0.39 is 53.7 Å². The molecule has 1 aromatic carbocycles. The molecule has 1 spiro atoms. The van der Waals surface area contributed by atoms with E-state index in [9.17, 15) is 24.3 Å². The number of amides is 3. The minimum absolute atomic E-state index is 0.100. The number of likely N-dealkylation sites (tertiary alicyclic amines) is 1. The molecule has 8 atom stereocenters. The lowest BCUT2D eigenvalue weighted by Crippen LogP contribution is -2.59.